The summed E-state index contributed by atoms with van der Waals surface area (Å²) >= 11 is 0. The number of hydrogen-bond acceptors (Lipinski definition) is 13. The zero-order valence-corrected chi connectivity index (χ0v) is 25.3. The van der Waals surface area contributed by atoms with Gasteiger partial charge in [-0.15, -0.1) is 0 Å². The van der Waals surface area contributed by atoms with Gasteiger partial charge >= 0.3 is 0 Å². The van der Waals surface area contributed by atoms with Gasteiger partial charge < -0.3 is 5.11 Å². The number of phenols is 1. The summed E-state index contributed by atoms with van der Waals surface area (Å²) in [5.41, 5.74) is -1.32. The highest BCUT2D eigenvalue weighted by atomic mass is 32.3. The van der Waals surface area contributed by atoms with Crippen molar-refractivity contribution in [1.29, 1.82) is 0 Å². The maximum Gasteiger partial charge on any atom is 0.224 e. The average Bonchev–Trinajstić information content (AvgIpc) is 2.58. The van der Waals surface area contributed by atoms with Gasteiger partial charge in [-0.1, -0.05) is 11.1 Å². The van der Waals surface area contributed by atoms with Gasteiger partial charge in [0.15, 0.2) is 0 Å². The summed E-state index contributed by atoms with van der Waals surface area (Å²) in [7, 11) is -26.7. The lowest BCUT2D eigenvalue weighted by Crippen LogP contribution is -2.36. The standard InChI is InChI=1S/C15H27N3O13S6/c1-32(20,21)16(33(2,22)23)9-12-7-13(10-17(34(3,24)25)35(4,26)27)15(19)14(8-12)11-18(36(5,28)29)37(6,30)31/h7-8,19H,9-11H2,1-6H3. The first kappa shape index (κ1) is 33.6. The van der Waals surface area contributed by atoms with Crippen molar-refractivity contribution in [1.82, 2.24) is 11.1 Å². The van der Waals surface area contributed by atoms with Crippen LogP contribution in [0.15, 0.2) is 12.1 Å². The first-order chi connectivity index (χ1) is 16.1. The van der Waals surface area contributed by atoms with Crippen molar-refractivity contribution in [2.24, 2.45) is 0 Å². The summed E-state index contributed by atoms with van der Waals surface area (Å²) in [6.45, 7) is -3.08. The van der Waals surface area contributed by atoms with Gasteiger partial charge in [0.1, 0.15) is 5.75 Å². The lowest BCUT2D eigenvalue weighted by atomic mass is 10.0. The Labute approximate surface area is 217 Å². The monoisotopic (exact) mass is 649 g/mol. The molecule has 0 spiro atoms. The number of hydrogen-bond donors (Lipinski definition) is 1. The van der Waals surface area contributed by atoms with E-state index in [1.807, 2.05) is 0 Å². The molecular weight excluding hydrogens is 623 g/mol. The van der Waals surface area contributed by atoms with Crippen LogP contribution < -0.4 is 0 Å². The third kappa shape index (κ3) is 9.38. The van der Waals surface area contributed by atoms with Crippen LogP contribution in [0.3, 0.4) is 0 Å². The molecular formula is C15H27N3O13S6. The molecule has 0 radical (unpaired) electrons. The van der Waals surface area contributed by atoms with Crippen molar-refractivity contribution in [3.8, 4) is 5.75 Å². The molecule has 1 aromatic rings. The minimum atomic E-state index is -4.47. The Bertz CT molecular complexity index is 1520. The van der Waals surface area contributed by atoms with Crippen LogP contribution in [0.25, 0.3) is 0 Å². The fourth-order valence-corrected chi connectivity index (χ4v) is 11.2. The van der Waals surface area contributed by atoms with Crippen LogP contribution >= 0.6 is 0 Å². The summed E-state index contributed by atoms with van der Waals surface area (Å²) in [5, 5.41) is 10.7. The van der Waals surface area contributed by atoms with Gasteiger partial charge in [-0.05, 0) is 17.7 Å². The van der Waals surface area contributed by atoms with E-state index in [0.29, 0.717) is 37.5 Å². The van der Waals surface area contributed by atoms with Gasteiger partial charge in [-0.25, -0.2) is 50.5 Å². The van der Waals surface area contributed by atoms with E-state index < -0.39 is 96.7 Å². The number of rotatable bonds is 12. The van der Waals surface area contributed by atoms with E-state index in [0.717, 1.165) is 12.1 Å². The van der Waals surface area contributed by atoms with Crippen LogP contribution in [0, 0.1) is 0 Å². The molecule has 0 fully saturated rings. The van der Waals surface area contributed by atoms with Crippen LogP contribution in [0.5, 0.6) is 5.75 Å². The lowest BCUT2D eigenvalue weighted by molar-refractivity contribution is 0.440. The molecule has 1 N–H and O–H groups in total. The molecule has 0 saturated heterocycles. The zero-order chi connectivity index (χ0) is 29.6. The fourth-order valence-electron chi connectivity index (χ4n) is 3.03. The molecule has 0 heterocycles. The van der Waals surface area contributed by atoms with Gasteiger partial charge in [0.2, 0.25) is 60.1 Å². The third-order valence-corrected chi connectivity index (χ3v) is 14.5. The quantitative estimate of drug-likeness (QED) is 0.248. The van der Waals surface area contributed by atoms with E-state index in [-0.39, 0.29) is 16.7 Å². The van der Waals surface area contributed by atoms with Crippen LogP contribution in [0.4, 0.5) is 0 Å². The van der Waals surface area contributed by atoms with Crippen molar-refractivity contribution in [2.45, 2.75) is 19.6 Å². The van der Waals surface area contributed by atoms with Crippen LogP contribution in [-0.2, 0) is 79.8 Å². The largest absolute Gasteiger partial charge is 0.507 e. The maximum atomic E-state index is 12.1. The van der Waals surface area contributed by atoms with Gasteiger partial charge in [0.05, 0.1) is 57.2 Å². The smallest absolute Gasteiger partial charge is 0.224 e. The fraction of sp³-hybridized carbons (Fsp3) is 0.600. The minimum absolute atomic E-state index is 0.0294. The highest BCUT2D eigenvalue weighted by Gasteiger charge is 2.33. The lowest BCUT2D eigenvalue weighted by Gasteiger charge is -2.23. The van der Waals surface area contributed by atoms with Crippen molar-refractivity contribution >= 4 is 60.1 Å². The molecule has 0 aliphatic carbocycles. The van der Waals surface area contributed by atoms with E-state index in [9.17, 15) is 55.6 Å². The van der Waals surface area contributed by atoms with Gasteiger partial charge in [-0.3, -0.25) is 0 Å². The molecule has 0 atom stereocenters. The summed E-state index contributed by atoms with van der Waals surface area (Å²) in [6.07, 6.45) is 3.31. The Morgan fingerprint density at radius 3 is 0.919 bits per heavy atom. The Hall–Kier alpha value is -1.40. The highest BCUT2D eigenvalue weighted by molar-refractivity contribution is 8.04. The van der Waals surface area contributed by atoms with Crippen LogP contribution in [0.1, 0.15) is 16.7 Å². The third-order valence-electron chi connectivity index (χ3n) is 4.46. The van der Waals surface area contributed by atoms with E-state index in [2.05, 4.69) is 0 Å². The predicted molar refractivity (Wildman–Crippen MR) is 134 cm³/mol. The Balaban J connectivity index is 4.00. The van der Waals surface area contributed by atoms with E-state index in [1.54, 1.807) is 0 Å². The zero-order valence-electron chi connectivity index (χ0n) is 20.4. The summed E-state index contributed by atoms with van der Waals surface area (Å²) in [5.74, 6) is -0.913. The molecule has 22 heteroatoms. The highest BCUT2D eigenvalue weighted by Crippen LogP contribution is 2.31. The van der Waals surface area contributed by atoms with Crippen molar-refractivity contribution in [2.75, 3.05) is 37.5 Å². The van der Waals surface area contributed by atoms with Crippen molar-refractivity contribution in [3.05, 3.63) is 28.8 Å². The topological polar surface area (TPSA) is 235 Å². The molecule has 0 aliphatic rings. The minimum Gasteiger partial charge on any atom is -0.507 e. The molecule has 37 heavy (non-hydrogen) atoms. The molecule has 0 unspecified atom stereocenters. The molecule has 0 saturated carbocycles. The molecule has 16 nitrogen and oxygen atoms in total. The molecule has 0 aliphatic heterocycles. The SMILES string of the molecule is CS(=O)(=O)N(Cc1cc(CN(S(C)(=O)=O)S(C)(=O)=O)c(O)c(CN(S(C)(=O)=O)S(C)(=O)=O)c1)S(C)(=O)=O. The molecule has 1 aromatic carbocycles. The van der Waals surface area contributed by atoms with Gasteiger partial charge in [-0.2, -0.15) is 0 Å². The molecule has 0 bridgehead atoms. The average molecular weight is 650 g/mol. The second-order valence-corrected chi connectivity index (χ2v) is 20.3. The number of phenolic OH excluding ortho intramolecular Hbond substituents is 1. The molecule has 216 valence electrons. The Morgan fingerprint density at radius 2 is 0.703 bits per heavy atom. The van der Waals surface area contributed by atoms with Crippen LogP contribution in [0.2, 0.25) is 0 Å². The number of benzene rings is 1. The first-order valence-corrected chi connectivity index (χ1v) is 20.5. The first-order valence-electron chi connectivity index (χ1n) is 9.43. The Kier molecular flexibility index (Phi) is 9.67. The second-order valence-electron chi connectivity index (χ2n) is 8.13. The predicted octanol–water partition coefficient (Wildman–Crippen LogP) is -2.44. The summed E-state index contributed by atoms with van der Waals surface area (Å²) < 4.78 is 145. The van der Waals surface area contributed by atoms with Gasteiger partial charge in [0, 0.05) is 11.1 Å². The Morgan fingerprint density at radius 1 is 0.486 bits per heavy atom. The summed E-state index contributed by atoms with van der Waals surface area (Å²) in [4.78, 5) is 0. The summed E-state index contributed by atoms with van der Waals surface area (Å²) in [6, 6.07) is 1.80. The number of sulfonamides is 6. The normalized spacial score (nSPS) is 14.5. The van der Waals surface area contributed by atoms with E-state index in [4.69, 9.17) is 0 Å². The maximum absolute atomic E-state index is 12.1. The van der Waals surface area contributed by atoms with Crippen molar-refractivity contribution < 1.29 is 55.6 Å². The second kappa shape index (κ2) is 10.6. The van der Waals surface area contributed by atoms with E-state index in [1.165, 1.54) is 0 Å². The molecule has 0 aromatic heterocycles. The molecule has 0 amide bonds. The number of aromatic hydroxyl groups is 1. The van der Waals surface area contributed by atoms with Crippen LogP contribution in [-0.4, -0.2) is 104 Å². The molecule has 1 rings (SSSR count). The van der Waals surface area contributed by atoms with Crippen molar-refractivity contribution in [3.63, 3.8) is 0 Å². The number of nitrogens with zero attached hydrogens (tertiary/aromatic N) is 3. The van der Waals surface area contributed by atoms with E-state index >= 15 is 0 Å². The van der Waals surface area contributed by atoms with Gasteiger partial charge in [0.25, 0.3) is 0 Å².